The number of hydrogen-bond acceptors (Lipinski definition) is 2. The molecular formula is C19H25F3N4O2. The van der Waals surface area contributed by atoms with Crippen LogP contribution in [-0.4, -0.2) is 60.3 Å². The Bertz CT molecular complexity index is 703. The molecule has 3 rings (SSSR count). The minimum atomic E-state index is -4.29. The predicted octanol–water partition coefficient (Wildman–Crippen LogP) is 2.88. The van der Waals surface area contributed by atoms with Crippen LogP contribution in [0.25, 0.3) is 0 Å². The highest BCUT2D eigenvalue weighted by atomic mass is 19.4. The Morgan fingerprint density at radius 3 is 2.46 bits per heavy atom. The zero-order valence-electron chi connectivity index (χ0n) is 15.6. The third-order valence-electron chi connectivity index (χ3n) is 5.24. The van der Waals surface area contributed by atoms with Gasteiger partial charge in [0.25, 0.3) is 0 Å². The first-order chi connectivity index (χ1) is 13.3. The Morgan fingerprint density at radius 2 is 1.82 bits per heavy atom. The quantitative estimate of drug-likeness (QED) is 0.819. The standard InChI is InChI=1S/C19H25F3N4O2/c20-19(21,22)12-14-4-1-2-5-15(14)13-24-17(27)25-10-6-16(7-11-25)26-9-3-8-23-18(26)28/h1-2,4-5,16H,3,6-13H2,(H,23,28)(H,24,27). The molecule has 0 spiro atoms. The summed E-state index contributed by atoms with van der Waals surface area (Å²) >= 11 is 0. The largest absolute Gasteiger partial charge is 0.393 e. The maximum Gasteiger partial charge on any atom is 0.393 e. The first-order valence-corrected chi connectivity index (χ1v) is 9.54. The molecule has 2 aliphatic rings. The highest BCUT2D eigenvalue weighted by Gasteiger charge is 2.31. The number of piperidine rings is 1. The van der Waals surface area contributed by atoms with E-state index in [1.165, 1.54) is 6.07 Å². The van der Waals surface area contributed by atoms with Crippen molar-refractivity contribution in [1.82, 2.24) is 20.4 Å². The van der Waals surface area contributed by atoms with E-state index in [9.17, 15) is 22.8 Å². The van der Waals surface area contributed by atoms with E-state index in [4.69, 9.17) is 0 Å². The Morgan fingerprint density at radius 1 is 1.14 bits per heavy atom. The van der Waals surface area contributed by atoms with Crippen molar-refractivity contribution in [2.24, 2.45) is 0 Å². The summed E-state index contributed by atoms with van der Waals surface area (Å²) < 4.78 is 38.1. The van der Waals surface area contributed by atoms with Gasteiger partial charge in [-0.3, -0.25) is 0 Å². The predicted molar refractivity (Wildman–Crippen MR) is 97.8 cm³/mol. The van der Waals surface area contributed by atoms with Crippen LogP contribution < -0.4 is 10.6 Å². The Labute approximate surface area is 162 Å². The van der Waals surface area contributed by atoms with Crippen molar-refractivity contribution in [3.63, 3.8) is 0 Å². The van der Waals surface area contributed by atoms with E-state index in [1.807, 2.05) is 4.90 Å². The molecule has 2 aliphatic heterocycles. The second-order valence-electron chi connectivity index (χ2n) is 7.22. The SMILES string of the molecule is O=C(NCc1ccccc1CC(F)(F)F)N1CCC(N2CCCNC2=O)CC1. The smallest absolute Gasteiger partial charge is 0.338 e. The van der Waals surface area contributed by atoms with Crippen LogP contribution in [0.5, 0.6) is 0 Å². The summed E-state index contributed by atoms with van der Waals surface area (Å²) in [6.45, 7) is 2.53. The van der Waals surface area contributed by atoms with Gasteiger partial charge in [-0.25, -0.2) is 9.59 Å². The monoisotopic (exact) mass is 398 g/mol. The molecule has 1 aromatic rings. The molecule has 9 heteroatoms. The lowest BCUT2D eigenvalue weighted by Crippen LogP contribution is -2.55. The molecule has 0 saturated carbocycles. The van der Waals surface area contributed by atoms with Gasteiger partial charge in [-0.1, -0.05) is 24.3 Å². The van der Waals surface area contributed by atoms with E-state index < -0.39 is 12.6 Å². The summed E-state index contributed by atoms with van der Waals surface area (Å²) in [6.07, 6.45) is -2.98. The van der Waals surface area contributed by atoms with Crippen LogP contribution in [0, 0.1) is 0 Å². The molecule has 1 aromatic carbocycles. The number of nitrogens with one attached hydrogen (secondary N) is 2. The second kappa shape index (κ2) is 8.70. The Kier molecular flexibility index (Phi) is 6.31. The number of hydrogen-bond donors (Lipinski definition) is 2. The van der Waals surface area contributed by atoms with Crippen molar-refractivity contribution in [2.45, 2.75) is 44.4 Å². The van der Waals surface area contributed by atoms with E-state index in [2.05, 4.69) is 10.6 Å². The van der Waals surface area contributed by atoms with Crippen LogP contribution in [0.2, 0.25) is 0 Å². The van der Waals surface area contributed by atoms with Gasteiger partial charge in [0.15, 0.2) is 0 Å². The molecule has 0 aromatic heterocycles. The van der Waals surface area contributed by atoms with Crippen molar-refractivity contribution in [3.8, 4) is 0 Å². The van der Waals surface area contributed by atoms with Crippen LogP contribution in [0.1, 0.15) is 30.4 Å². The topological polar surface area (TPSA) is 64.7 Å². The number of rotatable bonds is 4. The Hall–Kier alpha value is -2.45. The number of halogens is 3. The lowest BCUT2D eigenvalue weighted by Gasteiger charge is -2.40. The van der Waals surface area contributed by atoms with Crippen LogP contribution >= 0.6 is 0 Å². The first kappa shape index (κ1) is 20.3. The van der Waals surface area contributed by atoms with Gasteiger partial charge >= 0.3 is 18.2 Å². The van der Waals surface area contributed by atoms with Gasteiger partial charge in [-0.2, -0.15) is 13.2 Å². The first-order valence-electron chi connectivity index (χ1n) is 9.54. The van der Waals surface area contributed by atoms with Gasteiger partial charge in [0, 0.05) is 38.8 Å². The molecule has 2 fully saturated rings. The average molecular weight is 398 g/mol. The number of likely N-dealkylation sites (tertiary alicyclic amines) is 1. The zero-order valence-corrected chi connectivity index (χ0v) is 15.6. The van der Waals surface area contributed by atoms with Gasteiger partial charge in [-0.15, -0.1) is 0 Å². The molecule has 2 saturated heterocycles. The van der Waals surface area contributed by atoms with Crippen LogP contribution in [-0.2, 0) is 13.0 Å². The number of alkyl halides is 3. The third kappa shape index (κ3) is 5.30. The summed E-state index contributed by atoms with van der Waals surface area (Å²) in [4.78, 5) is 27.9. The fourth-order valence-corrected chi connectivity index (χ4v) is 3.78. The van der Waals surface area contributed by atoms with Crippen LogP contribution in [0.4, 0.5) is 22.8 Å². The van der Waals surface area contributed by atoms with Crippen molar-refractivity contribution in [3.05, 3.63) is 35.4 Å². The van der Waals surface area contributed by atoms with E-state index in [1.54, 1.807) is 23.1 Å². The van der Waals surface area contributed by atoms with E-state index in [-0.39, 0.29) is 30.2 Å². The fourth-order valence-electron chi connectivity index (χ4n) is 3.78. The lowest BCUT2D eigenvalue weighted by atomic mass is 10.0. The molecule has 0 radical (unpaired) electrons. The van der Waals surface area contributed by atoms with Crippen molar-refractivity contribution >= 4 is 12.1 Å². The second-order valence-corrected chi connectivity index (χ2v) is 7.22. The minimum Gasteiger partial charge on any atom is -0.338 e. The van der Waals surface area contributed by atoms with E-state index in [0.29, 0.717) is 38.0 Å². The number of amides is 4. The summed E-state index contributed by atoms with van der Waals surface area (Å²) in [5.74, 6) is 0. The van der Waals surface area contributed by atoms with Gasteiger partial charge in [-0.05, 0) is 30.4 Å². The molecule has 4 amide bonds. The van der Waals surface area contributed by atoms with Gasteiger partial charge in [0.1, 0.15) is 0 Å². The molecular weight excluding hydrogens is 373 g/mol. The van der Waals surface area contributed by atoms with Crippen molar-refractivity contribution in [2.75, 3.05) is 26.2 Å². The molecule has 0 atom stereocenters. The number of benzene rings is 1. The maximum absolute atomic E-state index is 12.7. The minimum absolute atomic E-state index is 0.0459. The van der Waals surface area contributed by atoms with Gasteiger partial charge < -0.3 is 20.4 Å². The summed E-state index contributed by atoms with van der Waals surface area (Å²) in [5.41, 5.74) is 0.637. The molecule has 2 N–H and O–H groups in total. The van der Waals surface area contributed by atoms with E-state index in [0.717, 1.165) is 13.0 Å². The van der Waals surface area contributed by atoms with Gasteiger partial charge in [0.05, 0.1) is 6.42 Å². The average Bonchev–Trinajstić information content (AvgIpc) is 2.66. The normalized spacial score (nSPS) is 18.8. The number of urea groups is 2. The van der Waals surface area contributed by atoms with Crippen LogP contribution in [0.3, 0.4) is 0 Å². The zero-order chi connectivity index (χ0) is 20.1. The molecule has 0 unspecified atom stereocenters. The summed E-state index contributed by atoms with van der Waals surface area (Å²) in [6, 6.07) is 6.05. The molecule has 154 valence electrons. The van der Waals surface area contributed by atoms with Crippen LogP contribution in [0.15, 0.2) is 24.3 Å². The lowest BCUT2D eigenvalue weighted by molar-refractivity contribution is -0.127. The highest BCUT2D eigenvalue weighted by Crippen LogP contribution is 2.23. The molecule has 28 heavy (non-hydrogen) atoms. The fraction of sp³-hybridized carbons (Fsp3) is 0.579. The van der Waals surface area contributed by atoms with Crippen molar-refractivity contribution in [1.29, 1.82) is 0 Å². The maximum atomic E-state index is 12.7. The molecule has 0 bridgehead atoms. The molecule has 0 aliphatic carbocycles. The Balaban J connectivity index is 1.50. The van der Waals surface area contributed by atoms with E-state index >= 15 is 0 Å². The third-order valence-corrected chi connectivity index (χ3v) is 5.24. The van der Waals surface area contributed by atoms with Crippen molar-refractivity contribution < 1.29 is 22.8 Å². The van der Waals surface area contributed by atoms with Gasteiger partial charge in [0.2, 0.25) is 0 Å². The number of nitrogens with zero attached hydrogens (tertiary/aromatic N) is 2. The summed E-state index contributed by atoms with van der Waals surface area (Å²) in [5, 5.41) is 5.56. The molecule has 6 nitrogen and oxygen atoms in total. The molecule has 2 heterocycles. The number of carbonyl (C=O) groups is 2. The highest BCUT2D eigenvalue weighted by molar-refractivity contribution is 5.76. The summed E-state index contributed by atoms with van der Waals surface area (Å²) in [7, 11) is 0. The number of carbonyl (C=O) groups excluding carboxylic acids is 2.